The van der Waals surface area contributed by atoms with Gasteiger partial charge in [-0.05, 0) is 20.8 Å². The molecule has 0 aliphatic heterocycles. The van der Waals surface area contributed by atoms with Crippen molar-refractivity contribution in [2.75, 3.05) is 13.7 Å². The molecule has 0 aromatic heterocycles. The van der Waals surface area contributed by atoms with Crippen LogP contribution < -0.4 is 0 Å². The zero-order valence-electron chi connectivity index (χ0n) is 8.94. The molecule has 0 aromatic rings. The largest absolute Gasteiger partial charge is 0.468 e. The van der Waals surface area contributed by atoms with Crippen LogP contribution in [0.3, 0.4) is 0 Å². The monoisotopic (exact) mass is 237 g/mol. The van der Waals surface area contributed by atoms with Crippen molar-refractivity contribution in [2.45, 2.75) is 31.7 Å². The van der Waals surface area contributed by atoms with Crippen molar-refractivity contribution >= 4 is 27.9 Å². The summed E-state index contributed by atoms with van der Waals surface area (Å²) in [5.74, 6) is -0.406. The lowest BCUT2D eigenvalue weighted by atomic mass is 10.5. The molecule has 6 heteroatoms. The molecule has 1 atom stereocenters. The van der Waals surface area contributed by atoms with Crippen molar-refractivity contribution < 1.29 is 18.4 Å². The molecule has 1 radical (unpaired) electrons. The van der Waals surface area contributed by atoms with E-state index in [2.05, 4.69) is 17.4 Å². The van der Waals surface area contributed by atoms with Crippen molar-refractivity contribution in [2.24, 2.45) is 0 Å². The third kappa shape index (κ3) is 4.99. The second kappa shape index (κ2) is 7.28. The highest BCUT2D eigenvalue weighted by Gasteiger charge is 2.33. The molecule has 1 unspecified atom stereocenters. The number of carbonyl (C=O) groups is 1. The molecular weight excluding hydrogens is 220 g/mol. The molecule has 0 fully saturated rings. The van der Waals surface area contributed by atoms with Crippen LogP contribution in [0.15, 0.2) is 0 Å². The lowest BCUT2D eigenvalue weighted by Gasteiger charge is -2.20. The van der Waals surface area contributed by atoms with Crippen LogP contribution in [0, 0.1) is 0 Å². The first kappa shape index (κ1) is 14.0. The summed E-state index contributed by atoms with van der Waals surface area (Å²) in [4.78, 5) is 10.6. The molecular formula is C8H17O4SSi. The Bertz CT molecular complexity index is 177. The lowest BCUT2D eigenvalue weighted by Crippen LogP contribution is -2.41. The van der Waals surface area contributed by atoms with E-state index in [0.717, 1.165) is 0 Å². The molecule has 0 saturated carbocycles. The third-order valence-corrected chi connectivity index (χ3v) is 4.09. The van der Waals surface area contributed by atoms with Gasteiger partial charge in [0.15, 0.2) is 0 Å². The lowest BCUT2D eigenvalue weighted by molar-refractivity contribution is -0.138. The van der Waals surface area contributed by atoms with Gasteiger partial charge in [0.05, 0.1) is 7.11 Å². The van der Waals surface area contributed by atoms with Gasteiger partial charge in [-0.3, -0.25) is 4.79 Å². The number of thiol groups is 1. The molecule has 0 N–H and O–H groups in total. The van der Waals surface area contributed by atoms with E-state index in [4.69, 9.17) is 8.85 Å². The SMILES string of the molecule is CCO[Si](OC(C)C)C(S)C(=O)OC. The van der Waals surface area contributed by atoms with E-state index in [1.54, 1.807) is 0 Å². The van der Waals surface area contributed by atoms with E-state index >= 15 is 0 Å². The summed E-state index contributed by atoms with van der Waals surface area (Å²) in [6.45, 7) is 6.14. The van der Waals surface area contributed by atoms with Crippen molar-refractivity contribution in [1.29, 1.82) is 0 Å². The maximum Gasteiger partial charge on any atom is 0.410 e. The van der Waals surface area contributed by atoms with Crippen molar-refractivity contribution in [1.82, 2.24) is 0 Å². The number of hydrogen-bond donors (Lipinski definition) is 1. The summed E-state index contributed by atoms with van der Waals surface area (Å²) in [6, 6.07) is 0. The molecule has 0 saturated heterocycles. The molecule has 0 rings (SSSR count). The first-order valence-corrected chi connectivity index (χ1v) is 6.36. The Labute approximate surface area is 92.2 Å². The fraction of sp³-hybridized carbons (Fsp3) is 0.875. The van der Waals surface area contributed by atoms with Crippen LogP contribution in [0.4, 0.5) is 0 Å². The maximum absolute atomic E-state index is 11.2. The predicted molar refractivity (Wildman–Crippen MR) is 58.4 cm³/mol. The highest BCUT2D eigenvalue weighted by molar-refractivity contribution is 7.83. The summed E-state index contributed by atoms with van der Waals surface area (Å²) < 4.78 is 15.4. The van der Waals surface area contributed by atoms with E-state index in [9.17, 15) is 4.79 Å². The van der Waals surface area contributed by atoms with Crippen LogP contribution in [0.5, 0.6) is 0 Å². The minimum atomic E-state index is -1.69. The fourth-order valence-electron chi connectivity index (χ4n) is 0.760. The number of rotatable bonds is 6. The number of esters is 1. The number of methoxy groups -OCH3 is 1. The van der Waals surface area contributed by atoms with Gasteiger partial charge in [0.2, 0.25) is 0 Å². The molecule has 83 valence electrons. The normalized spacial score (nSPS) is 13.4. The Morgan fingerprint density at radius 2 is 2.07 bits per heavy atom. The van der Waals surface area contributed by atoms with Crippen LogP contribution in [0.2, 0.25) is 0 Å². The summed E-state index contributed by atoms with van der Waals surface area (Å²) in [5.41, 5.74) is 0. The predicted octanol–water partition coefficient (Wildman–Crippen LogP) is 0.947. The molecule has 14 heavy (non-hydrogen) atoms. The van der Waals surface area contributed by atoms with Gasteiger partial charge >= 0.3 is 15.3 Å². The van der Waals surface area contributed by atoms with Crippen molar-refractivity contribution in [3.8, 4) is 0 Å². The zero-order valence-corrected chi connectivity index (χ0v) is 10.8. The summed E-state index contributed by atoms with van der Waals surface area (Å²) >= 11 is 4.13. The van der Waals surface area contributed by atoms with Gasteiger partial charge in [0.25, 0.3) is 0 Å². The smallest absolute Gasteiger partial charge is 0.410 e. The Morgan fingerprint density at radius 3 is 2.43 bits per heavy atom. The standard InChI is InChI=1S/C8H17O4SSi/c1-5-11-14(12-6(2)3)8(13)7(9)10-4/h6,8,13H,5H2,1-4H3. The molecule has 0 aromatic carbocycles. The Kier molecular flexibility index (Phi) is 7.25. The van der Waals surface area contributed by atoms with Gasteiger partial charge in [-0.2, -0.15) is 12.6 Å². The Hall–Kier alpha value is -0.0431. The van der Waals surface area contributed by atoms with Gasteiger partial charge in [-0.15, -0.1) is 0 Å². The van der Waals surface area contributed by atoms with Gasteiger partial charge in [-0.25, -0.2) is 0 Å². The summed E-state index contributed by atoms with van der Waals surface area (Å²) in [6.07, 6.45) is 0.0229. The molecule has 0 bridgehead atoms. The van der Waals surface area contributed by atoms with Crippen LogP contribution in [0.25, 0.3) is 0 Å². The van der Waals surface area contributed by atoms with Crippen molar-refractivity contribution in [3.63, 3.8) is 0 Å². The average molecular weight is 237 g/mol. The summed E-state index contributed by atoms with van der Waals surface area (Å²) in [5, 5.41) is 0. The van der Waals surface area contributed by atoms with Gasteiger partial charge in [0.1, 0.15) is 4.87 Å². The first-order valence-electron chi connectivity index (χ1n) is 4.45. The number of hydrogen-bond acceptors (Lipinski definition) is 5. The quantitative estimate of drug-likeness (QED) is 0.424. The Morgan fingerprint density at radius 1 is 1.50 bits per heavy atom. The van der Waals surface area contributed by atoms with Gasteiger partial charge < -0.3 is 13.6 Å². The third-order valence-electron chi connectivity index (χ3n) is 1.29. The highest BCUT2D eigenvalue weighted by atomic mass is 32.1. The van der Waals surface area contributed by atoms with Crippen LogP contribution in [-0.2, 0) is 18.4 Å². The van der Waals surface area contributed by atoms with Crippen LogP contribution in [-0.4, -0.2) is 39.9 Å². The first-order chi connectivity index (χ1) is 6.52. The van der Waals surface area contributed by atoms with E-state index in [1.807, 2.05) is 20.8 Å². The van der Waals surface area contributed by atoms with Crippen LogP contribution in [0.1, 0.15) is 20.8 Å². The van der Waals surface area contributed by atoms with E-state index in [-0.39, 0.29) is 6.10 Å². The molecule has 0 spiro atoms. The topological polar surface area (TPSA) is 44.8 Å². The fourth-order valence-corrected chi connectivity index (χ4v) is 2.69. The zero-order chi connectivity index (χ0) is 11.1. The number of ether oxygens (including phenoxy) is 1. The number of carbonyl (C=O) groups excluding carboxylic acids is 1. The maximum atomic E-state index is 11.2. The van der Waals surface area contributed by atoms with E-state index in [1.165, 1.54) is 7.11 Å². The van der Waals surface area contributed by atoms with Crippen molar-refractivity contribution in [3.05, 3.63) is 0 Å². The van der Waals surface area contributed by atoms with E-state index in [0.29, 0.717) is 6.61 Å². The molecule has 0 heterocycles. The second-order valence-electron chi connectivity index (χ2n) is 2.84. The Balaban J connectivity index is 4.24. The second-order valence-corrected chi connectivity index (χ2v) is 5.59. The average Bonchev–Trinajstić information content (AvgIpc) is 2.14. The molecule has 0 aliphatic rings. The molecule has 0 aliphatic carbocycles. The van der Waals surface area contributed by atoms with E-state index < -0.39 is 20.1 Å². The van der Waals surface area contributed by atoms with Crippen LogP contribution >= 0.6 is 12.6 Å². The highest BCUT2D eigenvalue weighted by Crippen LogP contribution is 2.08. The van der Waals surface area contributed by atoms with Gasteiger partial charge in [0, 0.05) is 12.7 Å². The minimum Gasteiger partial charge on any atom is -0.468 e. The molecule has 0 amide bonds. The minimum absolute atomic E-state index is 0.0229. The molecule has 4 nitrogen and oxygen atoms in total. The summed E-state index contributed by atoms with van der Waals surface area (Å²) in [7, 11) is -0.369. The van der Waals surface area contributed by atoms with Gasteiger partial charge in [-0.1, -0.05) is 0 Å².